The smallest absolute Gasteiger partial charge is 0.278 e. The van der Waals surface area contributed by atoms with Crippen LogP contribution in [0.4, 0.5) is 11.5 Å². The number of fused-ring (bicyclic) bond motifs is 1. The standard InChI is InChI=1S/C19H17ClN4O/c20-13-7-1-2-8-14(13)23-19(25)17-18(24-11-5-6-12-24)22-16-10-4-3-9-15(16)21-17/h1-4,7-10H,5-6,11-12H2,(H,23,25). The van der Waals surface area contributed by atoms with Crippen molar-refractivity contribution in [3.05, 3.63) is 59.2 Å². The van der Waals surface area contributed by atoms with Gasteiger partial charge in [0.1, 0.15) is 0 Å². The monoisotopic (exact) mass is 352 g/mol. The molecule has 6 heteroatoms. The SMILES string of the molecule is O=C(Nc1ccccc1Cl)c1nc2ccccc2nc1N1CCCC1. The molecule has 1 fully saturated rings. The zero-order chi connectivity index (χ0) is 17.2. The lowest BCUT2D eigenvalue weighted by Gasteiger charge is -2.19. The Morgan fingerprint density at radius 1 is 0.960 bits per heavy atom. The molecule has 2 aromatic carbocycles. The first kappa shape index (κ1) is 15.8. The van der Waals surface area contributed by atoms with Crippen LogP contribution < -0.4 is 10.2 Å². The number of hydrogen-bond acceptors (Lipinski definition) is 4. The van der Waals surface area contributed by atoms with E-state index in [1.807, 2.05) is 36.4 Å². The number of nitrogens with zero attached hydrogens (tertiary/aromatic N) is 3. The summed E-state index contributed by atoms with van der Waals surface area (Å²) in [5.74, 6) is 0.342. The van der Waals surface area contributed by atoms with E-state index in [-0.39, 0.29) is 5.91 Å². The number of rotatable bonds is 3. The maximum Gasteiger partial charge on any atom is 0.278 e. The number of aromatic nitrogens is 2. The van der Waals surface area contributed by atoms with Gasteiger partial charge in [-0.05, 0) is 37.1 Å². The van der Waals surface area contributed by atoms with Gasteiger partial charge >= 0.3 is 0 Å². The van der Waals surface area contributed by atoms with Crippen molar-refractivity contribution < 1.29 is 4.79 Å². The molecule has 1 amide bonds. The van der Waals surface area contributed by atoms with Crippen molar-refractivity contribution in [3.63, 3.8) is 0 Å². The van der Waals surface area contributed by atoms with Crippen molar-refractivity contribution >= 4 is 40.0 Å². The van der Waals surface area contributed by atoms with Crippen molar-refractivity contribution in [1.82, 2.24) is 9.97 Å². The van der Waals surface area contributed by atoms with E-state index in [1.54, 1.807) is 12.1 Å². The number of para-hydroxylation sites is 3. The molecule has 0 spiro atoms. The van der Waals surface area contributed by atoms with Gasteiger partial charge in [0, 0.05) is 13.1 Å². The number of hydrogen-bond donors (Lipinski definition) is 1. The molecule has 2 heterocycles. The molecule has 0 unspecified atom stereocenters. The molecule has 25 heavy (non-hydrogen) atoms. The van der Waals surface area contributed by atoms with Gasteiger partial charge in [0.05, 0.1) is 21.7 Å². The van der Waals surface area contributed by atoms with E-state index < -0.39 is 0 Å². The van der Waals surface area contributed by atoms with Gasteiger partial charge in [-0.3, -0.25) is 4.79 Å². The number of nitrogens with one attached hydrogen (secondary N) is 1. The summed E-state index contributed by atoms with van der Waals surface area (Å²) in [7, 11) is 0. The average molecular weight is 353 g/mol. The lowest BCUT2D eigenvalue weighted by Crippen LogP contribution is -2.25. The van der Waals surface area contributed by atoms with Crippen molar-refractivity contribution in [2.75, 3.05) is 23.3 Å². The third-order valence-electron chi connectivity index (χ3n) is 4.29. The Morgan fingerprint density at radius 3 is 2.32 bits per heavy atom. The third kappa shape index (κ3) is 3.15. The minimum absolute atomic E-state index is 0.298. The quantitative estimate of drug-likeness (QED) is 0.769. The summed E-state index contributed by atoms with van der Waals surface area (Å²) in [6.07, 6.45) is 2.19. The molecule has 1 N–H and O–H groups in total. The minimum Gasteiger partial charge on any atom is -0.355 e. The van der Waals surface area contributed by atoms with E-state index in [0.717, 1.165) is 31.4 Å². The van der Waals surface area contributed by atoms with Crippen LogP contribution in [0.15, 0.2) is 48.5 Å². The second kappa shape index (κ2) is 6.69. The van der Waals surface area contributed by atoms with Crippen molar-refractivity contribution in [1.29, 1.82) is 0 Å². The van der Waals surface area contributed by atoms with Gasteiger partial charge in [-0.25, -0.2) is 9.97 Å². The molecule has 5 nitrogen and oxygen atoms in total. The maximum atomic E-state index is 12.9. The summed E-state index contributed by atoms with van der Waals surface area (Å²) < 4.78 is 0. The van der Waals surface area contributed by atoms with E-state index >= 15 is 0 Å². The van der Waals surface area contributed by atoms with Gasteiger partial charge in [-0.2, -0.15) is 0 Å². The lowest BCUT2D eigenvalue weighted by molar-refractivity contribution is 0.102. The van der Waals surface area contributed by atoms with Gasteiger partial charge < -0.3 is 10.2 Å². The van der Waals surface area contributed by atoms with Gasteiger partial charge in [-0.15, -0.1) is 0 Å². The zero-order valence-corrected chi connectivity index (χ0v) is 14.3. The summed E-state index contributed by atoms with van der Waals surface area (Å²) in [6, 6.07) is 14.8. The molecule has 0 saturated carbocycles. The minimum atomic E-state index is -0.298. The van der Waals surface area contributed by atoms with Crippen LogP contribution in [0.25, 0.3) is 11.0 Å². The van der Waals surface area contributed by atoms with E-state index in [4.69, 9.17) is 16.6 Å². The third-order valence-corrected chi connectivity index (χ3v) is 4.62. The molecule has 0 radical (unpaired) electrons. The molecule has 4 rings (SSSR count). The highest BCUT2D eigenvalue weighted by molar-refractivity contribution is 6.33. The fourth-order valence-corrected chi connectivity index (χ4v) is 3.22. The second-order valence-corrected chi connectivity index (χ2v) is 6.42. The Balaban J connectivity index is 1.77. The number of halogens is 1. The van der Waals surface area contributed by atoms with Crippen molar-refractivity contribution in [2.45, 2.75) is 12.8 Å². The Morgan fingerprint density at radius 2 is 1.60 bits per heavy atom. The zero-order valence-electron chi connectivity index (χ0n) is 13.6. The van der Waals surface area contributed by atoms with Gasteiger partial charge in [0.15, 0.2) is 11.5 Å². The predicted molar refractivity (Wildman–Crippen MR) is 100 cm³/mol. The summed E-state index contributed by atoms with van der Waals surface area (Å²) in [5.41, 5.74) is 2.39. The fourth-order valence-electron chi connectivity index (χ4n) is 3.04. The van der Waals surface area contributed by atoms with Crippen LogP contribution in [-0.2, 0) is 0 Å². The van der Waals surface area contributed by atoms with E-state index in [1.165, 1.54) is 0 Å². The first-order valence-corrected chi connectivity index (χ1v) is 8.68. The average Bonchev–Trinajstić information content (AvgIpc) is 3.17. The van der Waals surface area contributed by atoms with E-state index in [0.29, 0.717) is 27.7 Å². The molecule has 3 aromatic rings. The molecular weight excluding hydrogens is 336 g/mol. The van der Waals surface area contributed by atoms with E-state index in [2.05, 4.69) is 15.2 Å². The van der Waals surface area contributed by atoms with Crippen LogP contribution in [0, 0.1) is 0 Å². The molecule has 1 aliphatic heterocycles. The van der Waals surface area contributed by atoms with Crippen molar-refractivity contribution in [2.24, 2.45) is 0 Å². The topological polar surface area (TPSA) is 58.1 Å². The lowest BCUT2D eigenvalue weighted by atomic mass is 10.2. The molecular formula is C19H17ClN4O. The highest BCUT2D eigenvalue weighted by Gasteiger charge is 2.24. The molecule has 1 saturated heterocycles. The summed E-state index contributed by atoms with van der Waals surface area (Å²) in [4.78, 5) is 24.3. The Labute approximate surface area is 150 Å². The highest BCUT2D eigenvalue weighted by atomic mass is 35.5. The van der Waals surface area contributed by atoms with Crippen LogP contribution in [0.2, 0.25) is 5.02 Å². The number of carbonyl (C=O) groups excluding carboxylic acids is 1. The van der Waals surface area contributed by atoms with Crippen LogP contribution in [-0.4, -0.2) is 29.0 Å². The maximum absolute atomic E-state index is 12.9. The van der Waals surface area contributed by atoms with Crippen LogP contribution in [0.3, 0.4) is 0 Å². The number of benzene rings is 2. The summed E-state index contributed by atoms with van der Waals surface area (Å²) in [6.45, 7) is 1.78. The Kier molecular flexibility index (Phi) is 4.24. The highest BCUT2D eigenvalue weighted by Crippen LogP contribution is 2.26. The van der Waals surface area contributed by atoms with Gasteiger partial charge in [0.25, 0.3) is 5.91 Å². The van der Waals surface area contributed by atoms with Crippen molar-refractivity contribution in [3.8, 4) is 0 Å². The Hall–Kier alpha value is -2.66. The largest absolute Gasteiger partial charge is 0.355 e. The van der Waals surface area contributed by atoms with Crippen LogP contribution in [0.5, 0.6) is 0 Å². The van der Waals surface area contributed by atoms with Gasteiger partial charge in [-0.1, -0.05) is 35.9 Å². The fraction of sp³-hybridized carbons (Fsp3) is 0.211. The first-order chi connectivity index (χ1) is 12.2. The molecule has 1 aromatic heterocycles. The number of carbonyl (C=O) groups is 1. The van der Waals surface area contributed by atoms with Gasteiger partial charge in [0.2, 0.25) is 0 Å². The molecule has 0 aliphatic carbocycles. The van der Waals surface area contributed by atoms with E-state index in [9.17, 15) is 4.79 Å². The summed E-state index contributed by atoms with van der Waals surface area (Å²) >= 11 is 6.16. The molecule has 0 bridgehead atoms. The second-order valence-electron chi connectivity index (χ2n) is 6.01. The first-order valence-electron chi connectivity index (χ1n) is 8.30. The van der Waals surface area contributed by atoms with Crippen LogP contribution >= 0.6 is 11.6 Å². The predicted octanol–water partition coefficient (Wildman–Crippen LogP) is 4.14. The number of amides is 1. The molecule has 126 valence electrons. The number of anilines is 2. The normalized spacial score (nSPS) is 14.0. The van der Waals surface area contributed by atoms with Crippen LogP contribution in [0.1, 0.15) is 23.3 Å². The summed E-state index contributed by atoms with van der Waals surface area (Å²) in [5, 5.41) is 3.35. The molecule has 0 atom stereocenters. The Bertz CT molecular complexity index is 938. The molecule has 1 aliphatic rings.